The summed E-state index contributed by atoms with van der Waals surface area (Å²) >= 11 is 0. The fourth-order valence-corrected chi connectivity index (χ4v) is 1.86. The van der Waals surface area contributed by atoms with Gasteiger partial charge in [-0.25, -0.2) is 4.98 Å². The predicted molar refractivity (Wildman–Crippen MR) is 72.4 cm³/mol. The highest BCUT2D eigenvalue weighted by molar-refractivity contribution is 5.61. The first-order chi connectivity index (χ1) is 8.61. The molecule has 0 spiro atoms. The molecule has 0 saturated carbocycles. The van der Waals surface area contributed by atoms with Crippen LogP contribution in [0.4, 0.5) is 0 Å². The molecular weight excluding hydrogens is 224 g/mol. The van der Waals surface area contributed by atoms with E-state index >= 15 is 0 Å². The summed E-state index contributed by atoms with van der Waals surface area (Å²) in [7, 11) is 1.72. The van der Waals surface area contributed by atoms with Crippen LogP contribution in [-0.4, -0.2) is 17.1 Å². The predicted octanol–water partition coefficient (Wildman–Crippen LogP) is 3.47. The van der Waals surface area contributed by atoms with Crippen LogP contribution < -0.4 is 0 Å². The maximum absolute atomic E-state index is 5.30. The normalized spacial score (nSPS) is 12.4. The lowest BCUT2D eigenvalue weighted by molar-refractivity contribution is 0.119. The molecule has 0 N–H and O–H groups in total. The summed E-state index contributed by atoms with van der Waals surface area (Å²) in [6.45, 7) is 5.97. The van der Waals surface area contributed by atoms with Crippen LogP contribution in [-0.2, 0) is 4.74 Å². The summed E-state index contributed by atoms with van der Waals surface area (Å²) in [5.41, 5.74) is 5.10. The maximum Gasteiger partial charge on any atom is 0.0917 e. The molecule has 0 saturated heterocycles. The van der Waals surface area contributed by atoms with Crippen LogP contribution in [0, 0.1) is 13.8 Å². The summed E-state index contributed by atoms with van der Waals surface area (Å²) in [5.74, 6) is 0. The third kappa shape index (κ3) is 2.57. The van der Waals surface area contributed by atoms with Crippen LogP contribution in [0.2, 0.25) is 0 Å². The van der Waals surface area contributed by atoms with Crippen LogP contribution in [0.5, 0.6) is 0 Å². The van der Waals surface area contributed by atoms with Crippen molar-refractivity contribution >= 4 is 0 Å². The number of nitrogens with zero attached hydrogens (tertiary/aromatic N) is 2. The number of benzene rings is 1. The summed E-state index contributed by atoms with van der Waals surface area (Å²) in [6, 6.07) is 8.29. The van der Waals surface area contributed by atoms with Crippen LogP contribution >= 0.6 is 0 Å². The molecule has 0 aliphatic carbocycles. The molecule has 2 aromatic rings. The largest absolute Gasteiger partial charge is 0.377 e. The van der Waals surface area contributed by atoms with Crippen molar-refractivity contribution in [1.82, 2.24) is 9.97 Å². The fourth-order valence-electron chi connectivity index (χ4n) is 1.86. The second-order valence-corrected chi connectivity index (χ2v) is 4.45. The first-order valence-electron chi connectivity index (χ1n) is 6.05. The first-order valence-corrected chi connectivity index (χ1v) is 6.05. The minimum absolute atomic E-state index is 0.115. The molecule has 3 heteroatoms. The first kappa shape index (κ1) is 12.7. The van der Waals surface area contributed by atoms with Gasteiger partial charge in [0.05, 0.1) is 23.2 Å². The highest BCUT2D eigenvalue weighted by Crippen LogP contribution is 2.23. The Bertz CT molecular complexity index is 535. The Morgan fingerprint density at radius 1 is 1.11 bits per heavy atom. The molecule has 0 aliphatic rings. The van der Waals surface area contributed by atoms with E-state index < -0.39 is 0 Å². The maximum atomic E-state index is 5.30. The Labute approximate surface area is 108 Å². The molecule has 0 bridgehead atoms. The fraction of sp³-hybridized carbons (Fsp3) is 0.333. The highest BCUT2D eigenvalue weighted by Gasteiger charge is 2.07. The number of hydrogen-bond donors (Lipinski definition) is 0. The average molecular weight is 242 g/mol. The minimum atomic E-state index is 0.115. The van der Waals surface area contributed by atoms with E-state index in [0.29, 0.717) is 0 Å². The lowest BCUT2D eigenvalue weighted by atomic mass is 10.0. The number of rotatable bonds is 3. The molecule has 2 rings (SSSR count). The summed E-state index contributed by atoms with van der Waals surface area (Å²) < 4.78 is 5.30. The van der Waals surface area contributed by atoms with E-state index in [1.54, 1.807) is 13.3 Å². The van der Waals surface area contributed by atoms with Gasteiger partial charge < -0.3 is 4.74 Å². The van der Waals surface area contributed by atoms with Crippen molar-refractivity contribution in [2.45, 2.75) is 26.9 Å². The molecule has 0 radical (unpaired) electrons. The third-order valence-electron chi connectivity index (χ3n) is 3.08. The summed E-state index contributed by atoms with van der Waals surface area (Å²) in [5, 5.41) is 0. The summed E-state index contributed by atoms with van der Waals surface area (Å²) in [6.07, 6.45) is 1.91. The standard InChI is InChI=1S/C15H18N2O/c1-10-9-16-11(2)15(17-10)14-7-5-13(6-8-14)12(3)18-4/h5-9,12H,1-4H3. The Morgan fingerprint density at radius 3 is 2.39 bits per heavy atom. The number of aromatic nitrogens is 2. The lowest BCUT2D eigenvalue weighted by Gasteiger charge is -2.11. The SMILES string of the molecule is COC(C)c1ccc(-c2nc(C)cnc2C)cc1. The van der Waals surface area contributed by atoms with Crippen LogP contribution in [0.15, 0.2) is 30.5 Å². The van der Waals surface area contributed by atoms with Gasteiger partial charge in [-0.2, -0.15) is 0 Å². The number of aryl methyl sites for hydroxylation is 2. The van der Waals surface area contributed by atoms with Crippen molar-refractivity contribution in [2.24, 2.45) is 0 Å². The Kier molecular flexibility index (Phi) is 3.72. The minimum Gasteiger partial charge on any atom is -0.377 e. The Hall–Kier alpha value is -1.74. The highest BCUT2D eigenvalue weighted by atomic mass is 16.5. The van der Waals surface area contributed by atoms with E-state index in [4.69, 9.17) is 4.74 Å². The van der Waals surface area contributed by atoms with E-state index in [2.05, 4.69) is 34.2 Å². The third-order valence-corrected chi connectivity index (χ3v) is 3.08. The van der Waals surface area contributed by atoms with E-state index in [-0.39, 0.29) is 6.10 Å². The van der Waals surface area contributed by atoms with Crippen molar-refractivity contribution in [1.29, 1.82) is 0 Å². The van der Waals surface area contributed by atoms with E-state index in [0.717, 1.165) is 22.6 Å². The zero-order valence-corrected chi connectivity index (χ0v) is 11.3. The van der Waals surface area contributed by atoms with E-state index in [9.17, 15) is 0 Å². The second kappa shape index (κ2) is 5.27. The number of hydrogen-bond acceptors (Lipinski definition) is 3. The molecule has 0 amide bonds. The Balaban J connectivity index is 2.37. The molecule has 1 heterocycles. The van der Waals surface area contributed by atoms with E-state index in [1.807, 2.05) is 20.8 Å². The number of methoxy groups -OCH3 is 1. The van der Waals surface area contributed by atoms with Crippen molar-refractivity contribution in [3.05, 3.63) is 47.4 Å². The van der Waals surface area contributed by atoms with Crippen molar-refractivity contribution in [3.8, 4) is 11.3 Å². The van der Waals surface area contributed by atoms with Gasteiger partial charge in [-0.1, -0.05) is 24.3 Å². The number of ether oxygens (including phenoxy) is 1. The van der Waals surface area contributed by atoms with E-state index in [1.165, 1.54) is 5.56 Å². The van der Waals surface area contributed by atoms with Gasteiger partial charge >= 0.3 is 0 Å². The van der Waals surface area contributed by atoms with Gasteiger partial charge in [-0.15, -0.1) is 0 Å². The average Bonchev–Trinajstić information content (AvgIpc) is 2.41. The molecule has 1 aromatic heterocycles. The van der Waals surface area contributed by atoms with Gasteiger partial charge in [0, 0.05) is 18.9 Å². The molecular formula is C15H18N2O. The zero-order valence-electron chi connectivity index (χ0n) is 11.3. The second-order valence-electron chi connectivity index (χ2n) is 4.45. The smallest absolute Gasteiger partial charge is 0.0917 e. The molecule has 3 nitrogen and oxygen atoms in total. The molecule has 1 atom stereocenters. The van der Waals surface area contributed by atoms with Gasteiger partial charge in [0.1, 0.15) is 0 Å². The van der Waals surface area contributed by atoms with Crippen LogP contribution in [0.3, 0.4) is 0 Å². The Morgan fingerprint density at radius 2 is 1.78 bits per heavy atom. The van der Waals surface area contributed by atoms with Gasteiger partial charge in [-0.3, -0.25) is 4.98 Å². The summed E-state index contributed by atoms with van der Waals surface area (Å²) in [4.78, 5) is 8.89. The molecule has 18 heavy (non-hydrogen) atoms. The molecule has 0 fully saturated rings. The molecule has 94 valence electrons. The van der Waals surface area contributed by atoms with Gasteiger partial charge in [0.25, 0.3) is 0 Å². The molecule has 1 unspecified atom stereocenters. The van der Waals surface area contributed by atoms with Gasteiger partial charge in [0.15, 0.2) is 0 Å². The monoisotopic (exact) mass is 242 g/mol. The molecule has 0 aliphatic heterocycles. The van der Waals surface area contributed by atoms with Gasteiger partial charge in [0.2, 0.25) is 0 Å². The van der Waals surface area contributed by atoms with Crippen LogP contribution in [0.25, 0.3) is 11.3 Å². The van der Waals surface area contributed by atoms with Crippen molar-refractivity contribution in [2.75, 3.05) is 7.11 Å². The quantitative estimate of drug-likeness (QED) is 0.826. The van der Waals surface area contributed by atoms with Crippen molar-refractivity contribution in [3.63, 3.8) is 0 Å². The van der Waals surface area contributed by atoms with Crippen LogP contribution in [0.1, 0.15) is 30.0 Å². The van der Waals surface area contributed by atoms with Crippen molar-refractivity contribution < 1.29 is 4.74 Å². The zero-order chi connectivity index (χ0) is 13.1. The molecule has 1 aromatic carbocycles. The van der Waals surface area contributed by atoms with Gasteiger partial charge in [-0.05, 0) is 26.3 Å². The topological polar surface area (TPSA) is 35.0 Å². The lowest BCUT2D eigenvalue weighted by Crippen LogP contribution is -1.97.